The normalized spacial score (nSPS) is 10.7. The van der Waals surface area contributed by atoms with Crippen LogP contribution in [0, 0.1) is 0 Å². The third-order valence-electron chi connectivity index (χ3n) is 2.24. The van der Waals surface area contributed by atoms with E-state index in [1.807, 2.05) is 24.1 Å². The minimum absolute atomic E-state index is 0.0550. The van der Waals surface area contributed by atoms with Crippen molar-refractivity contribution in [2.45, 2.75) is 33.2 Å². The Morgan fingerprint density at radius 2 is 2.27 bits per heavy atom. The Bertz CT molecular complexity index is 333. The Morgan fingerprint density at radius 3 is 2.67 bits per heavy atom. The number of carbonyl (C=O) groups excluding carboxylic acids is 1. The number of nitrogen functional groups attached to an aromatic ring is 1. The minimum Gasteiger partial charge on any atom is -0.397 e. The molecule has 1 aromatic heterocycles. The van der Waals surface area contributed by atoms with Crippen LogP contribution in [-0.2, 0) is 0 Å². The summed E-state index contributed by atoms with van der Waals surface area (Å²) in [7, 11) is 0. The van der Waals surface area contributed by atoms with E-state index in [-0.39, 0.29) is 11.9 Å². The van der Waals surface area contributed by atoms with Gasteiger partial charge in [-0.1, -0.05) is 6.92 Å². The summed E-state index contributed by atoms with van der Waals surface area (Å²) in [5.74, 6) is 0.0550. The Hall–Kier alpha value is -1.03. The van der Waals surface area contributed by atoms with Crippen LogP contribution in [0.1, 0.15) is 36.9 Å². The zero-order valence-electron chi connectivity index (χ0n) is 9.49. The summed E-state index contributed by atoms with van der Waals surface area (Å²) in [5.41, 5.74) is 6.33. The van der Waals surface area contributed by atoms with Gasteiger partial charge in [-0.05, 0) is 31.7 Å². The molecule has 0 spiro atoms. The molecule has 0 aliphatic heterocycles. The Labute approximate surface area is 94.9 Å². The summed E-state index contributed by atoms with van der Waals surface area (Å²) in [6.45, 7) is 6.91. The standard InChI is InChI=1S/C11H18N2OS/c1-4-6-13(8(2)3)11(14)10-9(12)5-7-15-10/h5,7-8H,4,6,12H2,1-3H3. The highest BCUT2D eigenvalue weighted by Gasteiger charge is 2.20. The van der Waals surface area contributed by atoms with E-state index in [1.54, 1.807) is 6.07 Å². The molecule has 0 aliphatic carbocycles. The van der Waals surface area contributed by atoms with Crippen molar-refractivity contribution in [2.24, 2.45) is 0 Å². The van der Waals surface area contributed by atoms with Crippen LogP contribution in [0.3, 0.4) is 0 Å². The van der Waals surface area contributed by atoms with Crippen LogP contribution < -0.4 is 5.73 Å². The molecule has 2 N–H and O–H groups in total. The molecular formula is C11H18N2OS. The second-order valence-electron chi connectivity index (χ2n) is 3.80. The molecule has 1 aromatic rings. The molecule has 0 saturated heterocycles. The summed E-state index contributed by atoms with van der Waals surface area (Å²) in [5, 5.41) is 1.85. The highest BCUT2D eigenvalue weighted by atomic mass is 32.1. The first-order chi connectivity index (χ1) is 7.07. The van der Waals surface area contributed by atoms with E-state index in [9.17, 15) is 4.79 Å². The second-order valence-corrected chi connectivity index (χ2v) is 4.71. The molecule has 0 aliphatic rings. The monoisotopic (exact) mass is 226 g/mol. The minimum atomic E-state index is 0.0550. The number of nitrogens with two attached hydrogens (primary N) is 1. The first-order valence-electron chi connectivity index (χ1n) is 5.21. The summed E-state index contributed by atoms with van der Waals surface area (Å²) < 4.78 is 0. The number of anilines is 1. The first kappa shape index (κ1) is 12.0. The number of amides is 1. The van der Waals surface area contributed by atoms with Crippen LogP contribution in [0.25, 0.3) is 0 Å². The molecule has 0 aromatic carbocycles. The van der Waals surface area contributed by atoms with Gasteiger partial charge in [-0.3, -0.25) is 4.79 Å². The van der Waals surface area contributed by atoms with Crippen LogP contribution in [0.4, 0.5) is 5.69 Å². The predicted molar refractivity (Wildman–Crippen MR) is 65.2 cm³/mol. The molecule has 1 rings (SSSR count). The van der Waals surface area contributed by atoms with Crippen molar-refractivity contribution in [3.8, 4) is 0 Å². The SMILES string of the molecule is CCCN(C(=O)c1sccc1N)C(C)C. The highest BCUT2D eigenvalue weighted by molar-refractivity contribution is 7.12. The molecule has 1 heterocycles. The number of thiophene rings is 1. The highest BCUT2D eigenvalue weighted by Crippen LogP contribution is 2.21. The van der Waals surface area contributed by atoms with Crippen molar-refractivity contribution < 1.29 is 4.79 Å². The summed E-state index contributed by atoms with van der Waals surface area (Å²) >= 11 is 1.41. The van der Waals surface area contributed by atoms with Crippen molar-refractivity contribution in [1.29, 1.82) is 0 Å². The van der Waals surface area contributed by atoms with Crippen molar-refractivity contribution >= 4 is 22.9 Å². The molecule has 0 atom stereocenters. The van der Waals surface area contributed by atoms with E-state index in [4.69, 9.17) is 5.73 Å². The van der Waals surface area contributed by atoms with Gasteiger partial charge < -0.3 is 10.6 Å². The van der Waals surface area contributed by atoms with Gasteiger partial charge in [-0.15, -0.1) is 11.3 Å². The zero-order valence-corrected chi connectivity index (χ0v) is 10.3. The maximum absolute atomic E-state index is 12.1. The maximum atomic E-state index is 12.1. The predicted octanol–water partition coefficient (Wildman–Crippen LogP) is 2.59. The molecule has 0 bridgehead atoms. The largest absolute Gasteiger partial charge is 0.397 e. The molecule has 1 amide bonds. The van der Waals surface area contributed by atoms with Crippen LogP contribution in [0.15, 0.2) is 11.4 Å². The second kappa shape index (κ2) is 5.16. The fourth-order valence-corrected chi connectivity index (χ4v) is 2.23. The molecule has 0 saturated carbocycles. The Morgan fingerprint density at radius 1 is 1.60 bits per heavy atom. The third-order valence-corrected chi connectivity index (χ3v) is 3.16. The smallest absolute Gasteiger partial charge is 0.266 e. The first-order valence-corrected chi connectivity index (χ1v) is 6.09. The van der Waals surface area contributed by atoms with Crippen molar-refractivity contribution in [3.63, 3.8) is 0 Å². The zero-order chi connectivity index (χ0) is 11.4. The van der Waals surface area contributed by atoms with Gasteiger partial charge >= 0.3 is 0 Å². The van der Waals surface area contributed by atoms with Gasteiger partial charge in [-0.25, -0.2) is 0 Å². The van der Waals surface area contributed by atoms with Crippen molar-refractivity contribution in [1.82, 2.24) is 4.90 Å². The van der Waals surface area contributed by atoms with Crippen LogP contribution >= 0.6 is 11.3 Å². The van der Waals surface area contributed by atoms with E-state index in [0.29, 0.717) is 10.6 Å². The molecule has 3 nitrogen and oxygen atoms in total. The van der Waals surface area contributed by atoms with Gasteiger partial charge in [-0.2, -0.15) is 0 Å². The van der Waals surface area contributed by atoms with Crippen molar-refractivity contribution in [2.75, 3.05) is 12.3 Å². The molecule has 4 heteroatoms. The molecule has 0 unspecified atom stereocenters. The van der Waals surface area contributed by atoms with Crippen molar-refractivity contribution in [3.05, 3.63) is 16.3 Å². The fraction of sp³-hybridized carbons (Fsp3) is 0.545. The Kier molecular flexibility index (Phi) is 4.15. The van der Waals surface area contributed by atoms with Gasteiger partial charge in [0.2, 0.25) is 0 Å². The van der Waals surface area contributed by atoms with Crippen LogP contribution in [0.2, 0.25) is 0 Å². The van der Waals surface area contributed by atoms with Gasteiger partial charge in [0.05, 0.1) is 5.69 Å². The van der Waals surface area contributed by atoms with E-state index in [0.717, 1.165) is 13.0 Å². The van der Waals surface area contributed by atoms with E-state index in [2.05, 4.69) is 6.92 Å². The van der Waals surface area contributed by atoms with Crippen LogP contribution in [-0.4, -0.2) is 23.4 Å². The molecular weight excluding hydrogens is 208 g/mol. The van der Waals surface area contributed by atoms with E-state index in [1.165, 1.54) is 11.3 Å². The lowest BCUT2D eigenvalue weighted by Crippen LogP contribution is -2.37. The fourth-order valence-electron chi connectivity index (χ4n) is 1.46. The molecule has 15 heavy (non-hydrogen) atoms. The van der Waals surface area contributed by atoms with Gasteiger partial charge in [0.1, 0.15) is 4.88 Å². The number of hydrogen-bond donors (Lipinski definition) is 1. The Balaban J connectivity index is 2.86. The van der Waals surface area contributed by atoms with E-state index < -0.39 is 0 Å². The lowest BCUT2D eigenvalue weighted by Gasteiger charge is -2.25. The average molecular weight is 226 g/mol. The summed E-state index contributed by atoms with van der Waals surface area (Å²) in [6.07, 6.45) is 0.967. The lowest BCUT2D eigenvalue weighted by molar-refractivity contribution is 0.0712. The van der Waals surface area contributed by atoms with Gasteiger partial charge in [0.25, 0.3) is 5.91 Å². The lowest BCUT2D eigenvalue weighted by atomic mass is 10.2. The van der Waals surface area contributed by atoms with Gasteiger partial charge in [0.15, 0.2) is 0 Å². The summed E-state index contributed by atoms with van der Waals surface area (Å²) in [4.78, 5) is 14.6. The molecule has 84 valence electrons. The average Bonchev–Trinajstić information content (AvgIpc) is 2.59. The van der Waals surface area contributed by atoms with E-state index >= 15 is 0 Å². The molecule has 0 fully saturated rings. The topological polar surface area (TPSA) is 46.3 Å². The summed E-state index contributed by atoms with van der Waals surface area (Å²) in [6, 6.07) is 2.00. The molecule has 0 radical (unpaired) electrons. The quantitative estimate of drug-likeness (QED) is 0.857. The third kappa shape index (κ3) is 2.72. The van der Waals surface area contributed by atoms with Crippen LogP contribution in [0.5, 0.6) is 0 Å². The number of rotatable bonds is 4. The number of hydrogen-bond acceptors (Lipinski definition) is 3. The maximum Gasteiger partial charge on any atom is 0.266 e. The number of carbonyl (C=O) groups is 1. The number of nitrogens with zero attached hydrogens (tertiary/aromatic N) is 1. The van der Waals surface area contributed by atoms with Gasteiger partial charge in [0, 0.05) is 12.6 Å².